The molecule has 1 saturated carbocycles. The second-order valence-corrected chi connectivity index (χ2v) is 9.12. The molecule has 2 N–H and O–H groups in total. The minimum absolute atomic E-state index is 0. The molecule has 8 heteroatoms. The second-order valence-electron chi connectivity index (χ2n) is 9.12. The number of hydrogen-bond donors (Lipinski definition) is 2. The zero-order valence-corrected chi connectivity index (χ0v) is 22.2. The van der Waals surface area contributed by atoms with E-state index in [0.29, 0.717) is 13.2 Å². The molecule has 4 rings (SSSR count). The van der Waals surface area contributed by atoms with Crippen molar-refractivity contribution in [1.29, 1.82) is 0 Å². The Morgan fingerprint density at radius 2 is 1.85 bits per heavy atom. The Labute approximate surface area is 216 Å². The van der Waals surface area contributed by atoms with Gasteiger partial charge in [-0.15, -0.1) is 24.0 Å². The number of benzene rings is 1. The van der Waals surface area contributed by atoms with Crippen molar-refractivity contribution in [2.45, 2.75) is 51.4 Å². The largest absolute Gasteiger partial charge is 0.490 e. The highest BCUT2D eigenvalue weighted by molar-refractivity contribution is 14.0. The van der Waals surface area contributed by atoms with Crippen LogP contribution in [0.1, 0.15) is 51.4 Å². The SMILES string of the molecule is I.c1cc2c(cc1NC(=NCCCOCC1CC1)NCCCCN1CCCC1)OCCCO2. The van der Waals surface area contributed by atoms with Gasteiger partial charge in [0.05, 0.1) is 13.2 Å². The maximum atomic E-state index is 5.84. The average Bonchev–Trinajstić information content (AvgIpc) is 3.54. The van der Waals surface area contributed by atoms with Gasteiger partial charge in [0.15, 0.2) is 17.5 Å². The molecule has 2 aliphatic heterocycles. The normalized spacial score (nSPS) is 18.5. The van der Waals surface area contributed by atoms with E-state index in [9.17, 15) is 0 Å². The first kappa shape index (κ1) is 26.3. The Hall–Kier alpha value is -1.26. The average molecular weight is 573 g/mol. The molecule has 0 radical (unpaired) electrons. The first-order chi connectivity index (χ1) is 15.9. The van der Waals surface area contributed by atoms with Gasteiger partial charge in [-0.3, -0.25) is 4.99 Å². The molecule has 33 heavy (non-hydrogen) atoms. The quantitative estimate of drug-likeness (QED) is 0.166. The van der Waals surface area contributed by atoms with Crippen molar-refractivity contribution in [3.05, 3.63) is 18.2 Å². The van der Waals surface area contributed by atoms with Crippen LogP contribution < -0.4 is 20.1 Å². The van der Waals surface area contributed by atoms with Crippen LogP contribution in [0.5, 0.6) is 11.5 Å². The highest BCUT2D eigenvalue weighted by Gasteiger charge is 2.20. The molecule has 1 aromatic rings. The summed E-state index contributed by atoms with van der Waals surface area (Å²) in [7, 11) is 0. The van der Waals surface area contributed by atoms with E-state index in [1.165, 1.54) is 51.7 Å². The van der Waals surface area contributed by atoms with Crippen LogP contribution in [0.3, 0.4) is 0 Å². The summed E-state index contributed by atoms with van der Waals surface area (Å²) in [5.74, 6) is 3.25. The topological polar surface area (TPSA) is 67.4 Å². The Morgan fingerprint density at radius 1 is 1.03 bits per heavy atom. The number of unbranched alkanes of at least 4 members (excludes halogenated alkanes) is 1. The van der Waals surface area contributed by atoms with Crippen molar-refractivity contribution in [1.82, 2.24) is 10.2 Å². The first-order valence-electron chi connectivity index (χ1n) is 12.6. The Balaban J connectivity index is 0.00000306. The number of fused-ring (bicyclic) bond motifs is 1. The van der Waals surface area contributed by atoms with Crippen molar-refractivity contribution in [2.75, 3.05) is 64.5 Å². The van der Waals surface area contributed by atoms with Crippen LogP contribution in [0.15, 0.2) is 23.2 Å². The molecule has 0 unspecified atom stereocenters. The van der Waals surface area contributed by atoms with E-state index < -0.39 is 0 Å². The molecule has 3 aliphatic rings. The summed E-state index contributed by atoms with van der Waals surface area (Å²) in [6.45, 7) is 8.52. The summed E-state index contributed by atoms with van der Waals surface area (Å²) >= 11 is 0. The van der Waals surface area contributed by atoms with Crippen molar-refractivity contribution in [3.63, 3.8) is 0 Å². The second kappa shape index (κ2) is 14.9. The summed E-state index contributed by atoms with van der Waals surface area (Å²) in [5, 5.41) is 6.97. The molecule has 0 bridgehead atoms. The van der Waals surface area contributed by atoms with Crippen LogP contribution in [-0.2, 0) is 4.74 Å². The van der Waals surface area contributed by atoms with Gasteiger partial charge in [-0.1, -0.05) is 0 Å². The van der Waals surface area contributed by atoms with Crippen LogP contribution in [0.4, 0.5) is 5.69 Å². The third-order valence-electron chi connectivity index (χ3n) is 6.17. The third kappa shape index (κ3) is 9.86. The number of aliphatic imine (C=N–C) groups is 1. The summed E-state index contributed by atoms with van der Waals surface area (Å²) < 4.78 is 17.3. The standard InChI is InChI=1S/C25H40N4O3.HI/c1(2-13-29-14-3-4-15-29)11-26-25(27-12-5-16-30-20-21-7-8-21)28-22-9-10-23-24(19-22)32-18-6-17-31-23;/h9-10,19,21H,1-8,11-18,20H2,(H2,26,27,28);1H. The Bertz CT molecular complexity index is 724. The van der Waals surface area contributed by atoms with Gasteiger partial charge >= 0.3 is 0 Å². The van der Waals surface area contributed by atoms with E-state index in [1.54, 1.807) is 0 Å². The smallest absolute Gasteiger partial charge is 0.195 e. The van der Waals surface area contributed by atoms with Gasteiger partial charge in [-0.05, 0) is 82.6 Å². The lowest BCUT2D eigenvalue weighted by Crippen LogP contribution is -2.32. The molecular weight excluding hydrogens is 531 g/mol. The van der Waals surface area contributed by atoms with Gasteiger partial charge in [0.25, 0.3) is 0 Å². The summed E-state index contributed by atoms with van der Waals surface area (Å²) in [6.07, 6.45) is 9.61. The Kier molecular flexibility index (Phi) is 11.9. The Morgan fingerprint density at radius 3 is 2.67 bits per heavy atom. The summed E-state index contributed by atoms with van der Waals surface area (Å²) in [4.78, 5) is 7.36. The number of hydrogen-bond acceptors (Lipinski definition) is 5. The van der Waals surface area contributed by atoms with Crippen LogP contribution in [0.25, 0.3) is 0 Å². The van der Waals surface area contributed by atoms with Gasteiger partial charge in [-0.2, -0.15) is 0 Å². The number of nitrogens with zero attached hydrogens (tertiary/aromatic N) is 2. The predicted octanol–water partition coefficient (Wildman–Crippen LogP) is 4.52. The maximum absolute atomic E-state index is 5.84. The molecule has 1 aliphatic carbocycles. The molecule has 1 aromatic carbocycles. The molecule has 0 spiro atoms. The van der Waals surface area contributed by atoms with Crippen molar-refractivity contribution >= 4 is 35.6 Å². The highest BCUT2D eigenvalue weighted by atomic mass is 127. The predicted molar refractivity (Wildman–Crippen MR) is 144 cm³/mol. The van der Waals surface area contributed by atoms with Gasteiger partial charge in [0.2, 0.25) is 0 Å². The fourth-order valence-electron chi connectivity index (χ4n) is 4.08. The maximum Gasteiger partial charge on any atom is 0.195 e. The number of nitrogens with one attached hydrogen (secondary N) is 2. The van der Waals surface area contributed by atoms with Crippen molar-refractivity contribution < 1.29 is 14.2 Å². The number of ether oxygens (including phenoxy) is 3. The van der Waals surface area contributed by atoms with Gasteiger partial charge in [0, 0.05) is 44.5 Å². The fraction of sp³-hybridized carbons (Fsp3) is 0.720. The van der Waals surface area contributed by atoms with Crippen LogP contribution in [0.2, 0.25) is 0 Å². The number of guanidine groups is 1. The monoisotopic (exact) mass is 572 g/mol. The number of halogens is 1. The van der Waals surface area contributed by atoms with Crippen molar-refractivity contribution in [2.24, 2.45) is 10.9 Å². The van der Waals surface area contributed by atoms with Crippen LogP contribution in [0, 0.1) is 5.92 Å². The first-order valence-corrected chi connectivity index (χ1v) is 12.6. The molecule has 0 aromatic heterocycles. The van der Waals surface area contributed by atoms with E-state index in [4.69, 9.17) is 19.2 Å². The molecule has 0 atom stereocenters. The molecule has 7 nitrogen and oxygen atoms in total. The lowest BCUT2D eigenvalue weighted by atomic mass is 10.2. The van der Waals surface area contributed by atoms with Gasteiger partial charge in [0.1, 0.15) is 0 Å². The number of likely N-dealkylation sites (tertiary alicyclic amines) is 1. The number of anilines is 1. The lowest BCUT2D eigenvalue weighted by molar-refractivity contribution is 0.123. The van der Waals surface area contributed by atoms with Crippen molar-refractivity contribution in [3.8, 4) is 11.5 Å². The van der Waals surface area contributed by atoms with Gasteiger partial charge in [-0.25, -0.2) is 0 Å². The van der Waals surface area contributed by atoms with E-state index >= 15 is 0 Å². The van der Waals surface area contributed by atoms with Crippen LogP contribution in [-0.4, -0.2) is 70.0 Å². The van der Waals surface area contributed by atoms with E-state index in [-0.39, 0.29) is 24.0 Å². The van der Waals surface area contributed by atoms with Gasteiger partial charge < -0.3 is 29.7 Å². The molecule has 2 fully saturated rings. The highest BCUT2D eigenvalue weighted by Crippen LogP contribution is 2.32. The summed E-state index contributed by atoms with van der Waals surface area (Å²) in [6, 6.07) is 6.00. The molecular formula is C25H41IN4O3. The molecule has 2 heterocycles. The minimum Gasteiger partial charge on any atom is -0.490 e. The van der Waals surface area contributed by atoms with E-state index in [1.807, 2.05) is 18.2 Å². The van der Waals surface area contributed by atoms with Crippen LogP contribution >= 0.6 is 24.0 Å². The summed E-state index contributed by atoms with van der Waals surface area (Å²) in [5.41, 5.74) is 0.961. The molecule has 0 amide bonds. The zero-order chi connectivity index (χ0) is 21.8. The number of rotatable bonds is 12. The van der Waals surface area contributed by atoms with E-state index in [2.05, 4.69) is 15.5 Å². The molecule has 186 valence electrons. The van der Waals surface area contributed by atoms with E-state index in [0.717, 1.165) is 74.6 Å². The minimum atomic E-state index is 0. The zero-order valence-electron chi connectivity index (χ0n) is 19.9. The third-order valence-corrected chi connectivity index (χ3v) is 6.17. The fourth-order valence-corrected chi connectivity index (χ4v) is 4.08. The molecule has 1 saturated heterocycles. The lowest BCUT2D eigenvalue weighted by Gasteiger charge is -2.16.